The molecule has 0 heterocycles. The second kappa shape index (κ2) is 2.70. The number of hydrogen-bond donors (Lipinski definition) is 1. The van der Waals surface area contributed by atoms with E-state index >= 15 is 0 Å². The van der Waals surface area contributed by atoms with Gasteiger partial charge in [0.05, 0.1) is 10.7 Å². The highest BCUT2D eigenvalue weighted by atomic mass is 35.5. The Balaban J connectivity index is 3.46. The maximum atomic E-state index is 13.0. The van der Waals surface area contributed by atoms with Gasteiger partial charge in [0, 0.05) is 5.56 Å². The first-order valence-electron chi connectivity index (χ1n) is 3.24. The van der Waals surface area contributed by atoms with E-state index in [0.717, 1.165) is 0 Å². The maximum Gasteiger partial charge on any atom is 0.130 e. The van der Waals surface area contributed by atoms with E-state index in [9.17, 15) is 4.39 Å². The van der Waals surface area contributed by atoms with Gasteiger partial charge in [-0.05, 0) is 25.5 Å². The smallest absolute Gasteiger partial charge is 0.130 e. The molecule has 0 fully saturated rings. The third-order valence-electron chi connectivity index (χ3n) is 1.63. The fourth-order valence-electron chi connectivity index (χ4n) is 0.969. The first-order valence-corrected chi connectivity index (χ1v) is 3.62. The third kappa shape index (κ3) is 1.31. The SMILES string of the molecule is Cc1cc(N)c(Cl)c(C)c1F. The van der Waals surface area contributed by atoms with Gasteiger partial charge in [0.2, 0.25) is 0 Å². The van der Waals surface area contributed by atoms with Crippen LogP contribution in [0.4, 0.5) is 10.1 Å². The summed E-state index contributed by atoms with van der Waals surface area (Å²) in [4.78, 5) is 0. The summed E-state index contributed by atoms with van der Waals surface area (Å²) in [5, 5.41) is 0.313. The van der Waals surface area contributed by atoms with Crippen molar-refractivity contribution in [2.24, 2.45) is 0 Å². The minimum Gasteiger partial charge on any atom is -0.398 e. The quantitative estimate of drug-likeness (QED) is 0.600. The van der Waals surface area contributed by atoms with E-state index in [4.69, 9.17) is 17.3 Å². The van der Waals surface area contributed by atoms with E-state index in [-0.39, 0.29) is 5.82 Å². The summed E-state index contributed by atoms with van der Waals surface area (Å²) in [6, 6.07) is 1.53. The van der Waals surface area contributed by atoms with Gasteiger partial charge < -0.3 is 5.73 Å². The van der Waals surface area contributed by atoms with Crippen LogP contribution < -0.4 is 5.73 Å². The van der Waals surface area contributed by atoms with Gasteiger partial charge in [0.1, 0.15) is 5.82 Å². The highest BCUT2D eigenvalue weighted by Crippen LogP contribution is 2.27. The zero-order chi connectivity index (χ0) is 8.59. The highest BCUT2D eigenvalue weighted by Gasteiger charge is 2.08. The standard InChI is InChI=1S/C8H9ClFN/c1-4-3-6(11)7(9)5(2)8(4)10/h3H,11H2,1-2H3. The second-order valence-electron chi connectivity index (χ2n) is 2.54. The lowest BCUT2D eigenvalue weighted by Crippen LogP contribution is -1.94. The Hall–Kier alpha value is -0.760. The van der Waals surface area contributed by atoms with Crippen LogP contribution in [0.3, 0.4) is 0 Å². The molecule has 0 aromatic heterocycles. The van der Waals surface area contributed by atoms with E-state index in [1.807, 2.05) is 0 Å². The van der Waals surface area contributed by atoms with E-state index in [0.29, 0.717) is 21.8 Å². The Morgan fingerprint density at radius 3 is 2.55 bits per heavy atom. The van der Waals surface area contributed by atoms with Gasteiger partial charge >= 0.3 is 0 Å². The molecule has 60 valence electrons. The van der Waals surface area contributed by atoms with Crippen molar-refractivity contribution in [3.8, 4) is 0 Å². The molecular weight excluding hydrogens is 165 g/mol. The summed E-state index contributed by atoms with van der Waals surface area (Å²) >= 11 is 5.69. The monoisotopic (exact) mass is 173 g/mol. The Kier molecular flexibility index (Phi) is 2.05. The molecule has 3 heteroatoms. The summed E-state index contributed by atoms with van der Waals surface area (Å²) in [6.45, 7) is 3.27. The first-order chi connectivity index (χ1) is 5.04. The van der Waals surface area contributed by atoms with Gasteiger partial charge in [-0.2, -0.15) is 0 Å². The van der Waals surface area contributed by atoms with Crippen molar-refractivity contribution < 1.29 is 4.39 Å². The fourth-order valence-corrected chi connectivity index (χ4v) is 1.11. The van der Waals surface area contributed by atoms with Crippen molar-refractivity contribution in [3.63, 3.8) is 0 Å². The van der Waals surface area contributed by atoms with E-state index < -0.39 is 0 Å². The van der Waals surface area contributed by atoms with Crippen LogP contribution in [0.25, 0.3) is 0 Å². The molecule has 1 aromatic carbocycles. The summed E-state index contributed by atoms with van der Waals surface area (Å²) in [7, 11) is 0. The fraction of sp³-hybridized carbons (Fsp3) is 0.250. The molecular formula is C8H9ClFN. The molecule has 0 atom stereocenters. The summed E-state index contributed by atoms with van der Waals surface area (Å²) in [6.07, 6.45) is 0. The van der Waals surface area contributed by atoms with Crippen molar-refractivity contribution in [3.05, 3.63) is 28.0 Å². The molecule has 1 aromatic rings. The van der Waals surface area contributed by atoms with Crippen LogP contribution in [0.5, 0.6) is 0 Å². The molecule has 0 spiro atoms. The Morgan fingerprint density at radius 2 is 2.00 bits per heavy atom. The molecule has 1 nitrogen and oxygen atoms in total. The largest absolute Gasteiger partial charge is 0.398 e. The summed E-state index contributed by atoms with van der Waals surface area (Å²) in [5.41, 5.74) is 6.88. The van der Waals surface area contributed by atoms with E-state index in [1.165, 1.54) is 6.07 Å². The number of aryl methyl sites for hydroxylation is 1. The van der Waals surface area contributed by atoms with Gasteiger partial charge in [-0.25, -0.2) is 4.39 Å². The van der Waals surface area contributed by atoms with Crippen molar-refractivity contribution in [1.82, 2.24) is 0 Å². The maximum absolute atomic E-state index is 13.0. The number of rotatable bonds is 0. The van der Waals surface area contributed by atoms with Crippen molar-refractivity contribution >= 4 is 17.3 Å². The third-order valence-corrected chi connectivity index (χ3v) is 2.13. The normalized spacial score (nSPS) is 10.2. The van der Waals surface area contributed by atoms with Crippen LogP contribution in [0.15, 0.2) is 6.07 Å². The van der Waals surface area contributed by atoms with Gasteiger partial charge in [0.15, 0.2) is 0 Å². The van der Waals surface area contributed by atoms with Gasteiger partial charge in [0.25, 0.3) is 0 Å². The molecule has 2 N–H and O–H groups in total. The lowest BCUT2D eigenvalue weighted by molar-refractivity contribution is 0.609. The summed E-state index contributed by atoms with van der Waals surface area (Å²) in [5.74, 6) is -0.274. The zero-order valence-electron chi connectivity index (χ0n) is 6.41. The Morgan fingerprint density at radius 1 is 1.45 bits per heavy atom. The van der Waals surface area contributed by atoms with Gasteiger partial charge in [-0.1, -0.05) is 11.6 Å². The molecule has 0 aliphatic carbocycles. The van der Waals surface area contributed by atoms with Crippen molar-refractivity contribution in [2.45, 2.75) is 13.8 Å². The molecule has 0 radical (unpaired) electrons. The summed E-state index contributed by atoms with van der Waals surface area (Å²) < 4.78 is 13.0. The average Bonchev–Trinajstić information content (AvgIpc) is 1.97. The molecule has 0 saturated carbocycles. The van der Waals surface area contributed by atoms with Gasteiger partial charge in [-0.3, -0.25) is 0 Å². The first kappa shape index (κ1) is 8.34. The van der Waals surface area contributed by atoms with Crippen LogP contribution in [0, 0.1) is 19.7 Å². The molecule has 0 aliphatic heterocycles. The highest BCUT2D eigenvalue weighted by molar-refractivity contribution is 6.33. The van der Waals surface area contributed by atoms with Crippen LogP contribution in [0.1, 0.15) is 11.1 Å². The van der Waals surface area contributed by atoms with Crippen molar-refractivity contribution in [1.29, 1.82) is 0 Å². The van der Waals surface area contributed by atoms with Gasteiger partial charge in [-0.15, -0.1) is 0 Å². The molecule has 0 amide bonds. The number of benzene rings is 1. The number of halogens is 2. The molecule has 0 aliphatic rings. The Bertz CT molecular complexity index is 270. The topological polar surface area (TPSA) is 26.0 Å². The Labute approximate surface area is 70.0 Å². The van der Waals surface area contributed by atoms with Crippen LogP contribution in [-0.2, 0) is 0 Å². The van der Waals surface area contributed by atoms with Crippen LogP contribution in [-0.4, -0.2) is 0 Å². The second-order valence-corrected chi connectivity index (χ2v) is 2.91. The molecule has 0 bridgehead atoms. The zero-order valence-corrected chi connectivity index (χ0v) is 7.17. The molecule has 0 saturated heterocycles. The van der Waals surface area contributed by atoms with Crippen LogP contribution >= 0.6 is 11.6 Å². The number of nitrogen functional groups attached to an aromatic ring is 1. The number of hydrogen-bond acceptors (Lipinski definition) is 1. The minimum absolute atomic E-state index is 0.274. The molecule has 1 rings (SSSR count). The minimum atomic E-state index is -0.274. The van der Waals surface area contributed by atoms with E-state index in [1.54, 1.807) is 13.8 Å². The van der Waals surface area contributed by atoms with Crippen molar-refractivity contribution in [2.75, 3.05) is 5.73 Å². The molecule has 11 heavy (non-hydrogen) atoms. The number of anilines is 1. The van der Waals surface area contributed by atoms with E-state index in [2.05, 4.69) is 0 Å². The van der Waals surface area contributed by atoms with Crippen LogP contribution in [0.2, 0.25) is 5.02 Å². The number of nitrogens with two attached hydrogens (primary N) is 1. The molecule has 0 unspecified atom stereocenters. The predicted molar refractivity (Wildman–Crippen MR) is 45.3 cm³/mol. The lowest BCUT2D eigenvalue weighted by atomic mass is 10.1. The average molecular weight is 174 g/mol. The lowest BCUT2D eigenvalue weighted by Gasteiger charge is -2.05. The predicted octanol–water partition coefficient (Wildman–Crippen LogP) is 2.68.